The molecule has 1 aliphatic rings. The first kappa shape index (κ1) is 17.9. The van der Waals surface area contributed by atoms with E-state index in [4.69, 9.17) is 4.74 Å². The molecular formula is C18H17N3O4S. The summed E-state index contributed by atoms with van der Waals surface area (Å²) in [7, 11) is 0. The van der Waals surface area contributed by atoms with Crippen molar-refractivity contribution in [2.24, 2.45) is 0 Å². The van der Waals surface area contributed by atoms with Crippen LogP contribution in [0.4, 0.5) is 5.00 Å². The summed E-state index contributed by atoms with van der Waals surface area (Å²) in [4.78, 5) is 39.0. The second-order valence-electron chi connectivity index (χ2n) is 6.01. The van der Waals surface area contributed by atoms with Crippen LogP contribution in [0.5, 0.6) is 0 Å². The molecule has 7 nitrogen and oxygen atoms in total. The monoisotopic (exact) mass is 371 g/mol. The molecule has 26 heavy (non-hydrogen) atoms. The number of ether oxygens (including phenoxy) is 1. The van der Waals surface area contributed by atoms with Gasteiger partial charge >= 0.3 is 5.97 Å². The second kappa shape index (κ2) is 7.54. The third-order valence-corrected chi connectivity index (χ3v) is 5.39. The summed E-state index contributed by atoms with van der Waals surface area (Å²) in [5.74, 6) is -1.41. The molecule has 0 aliphatic heterocycles. The molecule has 0 radical (unpaired) electrons. The van der Waals surface area contributed by atoms with E-state index in [1.165, 1.54) is 30.5 Å². The number of aromatic nitrogens is 1. The van der Waals surface area contributed by atoms with Crippen molar-refractivity contribution in [3.05, 3.63) is 39.5 Å². The smallest absolute Gasteiger partial charge is 0.355 e. The van der Waals surface area contributed by atoms with Crippen molar-refractivity contribution in [3.63, 3.8) is 0 Å². The van der Waals surface area contributed by atoms with E-state index in [-0.39, 0.29) is 11.5 Å². The highest BCUT2D eigenvalue weighted by Crippen LogP contribution is 2.37. The minimum atomic E-state index is -0.723. The van der Waals surface area contributed by atoms with Crippen LogP contribution >= 0.6 is 11.3 Å². The Morgan fingerprint density at radius 1 is 1.35 bits per heavy atom. The highest BCUT2D eigenvalue weighted by molar-refractivity contribution is 7.16. The van der Waals surface area contributed by atoms with Gasteiger partial charge in [-0.3, -0.25) is 9.59 Å². The lowest BCUT2D eigenvalue weighted by atomic mass is 9.96. The van der Waals surface area contributed by atoms with E-state index in [9.17, 15) is 19.6 Å². The van der Waals surface area contributed by atoms with Crippen LogP contribution in [0.25, 0.3) is 0 Å². The van der Waals surface area contributed by atoms with Gasteiger partial charge in [0.05, 0.1) is 5.56 Å². The van der Waals surface area contributed by atoms with E-state index in [1.807, 2.05) is 0 Å². The minimum Gasteiger partial charge on any atom is -0.451 e. The molecule has 0 fully saturated rings. The number of thiophene rings is 1. The second-order valence-corrected chi connectivity index (χ2v) is 7.11. The summed E-state index contributed by atoms with van der Waals surface area (Å²) >= 11 is 1.41. The molecule has 1 amide bonds. The highest BCUT2D eigenvalue weighted by Gasteiger charge is 2.22. The van der Waals surface area contributed by atoms with Gasteiger partial charge in [-0.2, -0.15) is 5.26 Å². The van der Waals surface area contributed by atoms with Crippen molar-refractivity contribution in [1.82, 2.24) is 4.98 Å². The molecule has 2 N–H and O–H groups in total. The standard InChI is InChI=1S/C18H17N3O4S/c1-10(22)11-6-14(20-8-11)18(24)25-9-16(23)21-17-13(7-19)12-4-2-3-5-15(12)26-17/h6,8,20H,2-5,9H2,1H3,(H,21,23). The van der Waals surface area contributed by atoms with Gasteiger partial charge in [-0.1, -0.05) is 0 Å². The lowest BCUT2D eigenvalue weighted by molar-refractivity contribution is -0.119. The van der Waals surface area contributed by atoms with Crippen LogP contribution in [0.1, 0.15) is 56.6 Å². The fraction of sp³-hybridized carbons (Fsp3) is 0.333. The number of esters is 1. The first-order chi connectivity index (χ1) is 12.5. The molecule has 3 rings (SSSR count). The predicted octanol–water partition coefficient (Wildman–Crippen LogP) is 2.82. The number of aryl methyl sites for hydroxylation is 1. The fourth-order valence-corrected chi connectivity index (χ4v) is 4.12. The molecule has 0 unspecified atom stereocenters. The van der Waals surface area contributed by atoms with Gasteiger partial charge in [0.25, 0.3) is 5.91 Å². The maximum atomic E-state index is 12.1. The Kier molecular flexibility index (Phi) is 5.19. The number of fused-ring (bicyclic) bond motifs is 1. The molecule has 1 aliphatic carbocycles. The summed E-state index contributed by atoms with van der Waals surface area (Å²) in [6.07, 6.45) is 5.31. The zero-order valence-electron chi connectivity index (χ0n) is 14.2. The summed E-state index contributed by atoms with van der Waals surface area (Å²) in [5.41, 5.74) is 2.01. The number of nitriles is 1. The number of anilines is 1. The largest absolute Gasteiger partial charge is 0.451 e. The molecule has 2 heterocycles. The Bertz CT molecular complexity index is 920. The molecule has 2 aromatic heterocycles. The maximum Gasteiger partial charge on any atom is 0.355 e. The van der Waals surface area contributed by atoms with E-state index in [2.05, 4.69) is 16.4 Å². The van der Waals surface area contributed by atoms with Crippen LogP contribution in [0.2, 0.25) is 0 Å². The number of carbonyl (C=O) groups excluding carboxylic acids is 3. The van der Waals surface area contributed by atoms with Crippen molar-refractivity contribution in [2.45, 2.75) is 32.6 Å². The zero-order chi connectivity index (χ0) is 18.7. The normalized spacial score (nSPS) is 12.8. The van der Waals surface area contributed by atoms with Crippen molar-refractivity contribution in [3.8, 4) is 6.07 Å². The average molecular weight is 371 g/mol. The van der Waals surface area contributed by atoms with Crippen LogP contribution in [-0.2, 0) is 22.4 Å². The molecule has 0 aromatic carbocycles. The maximum absolute atomic E-state index is 12.1. The Morgan fingerprint density at radius 3 is 2.81 bits per heavy atom. The van der Waals surface area contributed by atoms with Crippen LogP contribution in [0.15, 0.2) is 12.3 Å². The number of ketones is 1. The van der Waals surface area contributed by atoms with E-state index < -0.39 is 18.5 Å². The van der Waals surface area contributed by atoms with E-state index in [0.717, 1.165) is 36.1 Å². The summed E-state index contributed by atoms with van der Waals surface area (Å²) in [6.45, 7) is 0.916. The fourth-order valence-electron chi connectivity index (χ4n) is 2.86. The van der Waals surface area contributed by atoms with Gasteiger partial charge in [-0.15, -0.1) is 11.3 Å². The number of nitrogens with one attached hydrogen (secondary N) is 2. The third-order valence-electron chi connectivity index (χ3n) is 4.18. The van der Waals surface area contributed by atoms with Crippen molar-refractivity contribution in [1.29, 1.82) is 5.26 Å². The molecule has 8 heteroatoms. The number of H-pyrrole nitrogens is 1. The lowest BCUT2D eigenvalue weighted by Crippen LogP contribution is -2.21. The Balaban J connectivity index is 1.61. The van der Waals surface area contributed by atoms with Gasteiger partial charge in [-0.05, 0) is 44.2 Å². The average Bonchev–Trinajstić information content (AvgIpc) is 3.24. The lowest BCUT2D eigenvalue weighted by Gasteiger charge is -2.09. The molecule has 0 atom stereocenters. The summed E-state index contributed by atoms with van der Waals surface area (Å²) in [5, 5.41) is 12.6. The van der Waals surface area contributed by atoms with Crippen molar-refractivity contribution in [2.75, 3.05) is 11.9 Å². The SMILES string of the molecule is CC(=O)c1c[nH]c(C(=O)OCC(=O)Nc2sc3c(c2C#N)CCCC3)c1. The predicted molar refractivity (Wildman–Crippen MR) is 95.4 cm³/mol. The Labute approximate surface area is 154 Å². The third kappa shape index (κ3) is 3.68. The molecule has 0 bridgehead atoms. The van der Waals surface area contributed by atoms with Crippen LogP contribution in [0.3, 0.4) is 0 Å². The number of aromatic amines is 1. The van der Waals surface area contributed by atoms with Crippen LogP contribution in [0, 0.1) is 11.3 Å². The number of hydrogen-bond donors (Lipinski definition) is 2. The quantitative estimate of drug-likeness (QED) is 0.620. The molecule has 0 saturated heterocycles. The summed E-state index contributed by atoms with van der Waals surface area (Å²) < 4.78 is 4.96. The van der Waals surface area contributed by atoms with Crippen molar-refractivity contribution >= 4 is 34.0 Å². The van der Waals surface area contributed by atoms with Gasteiger partial charge in [0.2, 0.25) is 0 Å². The van der Waals surface area contributed by atoms with Gasteiger partial charge in [-0.25, -0.2) is 4.79 Å². The van der Waals surface area contributed by atoms with E-state index in [0.29, 0.717) is 16.1 Å². The molecule has 2 aromatic rings. The Hall–Kier alpha value is -2.92. The van der Waals surface area contributed by atoms with Gasteiger partial charge in [0, 0.05) is 16.6 Å². The first-order valence-corrected chi connectivity index (χ1v) is 9.02. The van der Waals surface area contributed by atoms with Gasteiger partial charge < -0.3 is 15.0 Å². The highest BCUT2D eigenvalue weighted by atomic mass is 32.1. The van der Waals surface area contributed by atoms with Crippen LogP contribution < -0.4 is 5.32 Å². The molecule has 134 valence electrons. The zero-order valence-corrected chi connectivity index (χ0v) is 15.0. The minimum absolute atomic E-state index is 0.104. The van der Waals surface area contributed by atoms with E-state index >= 15 is 0 Å². The van der Waals surface area contributed by atoms with Crippen molar-refractivity contribution < 1.29 is 19.1 Å². The van der Waals surface area contributed by atoms with E-state index in [1.54, 1.807) is 0 Å². The number of rotatable bonds is 5. The van der Waals surface area contributed by atoms with Gasteiger partial charge in [0.1, 0.15) is 16.8 Å². The number of hydrogen-bond acceptors (Lipinski definition) is 6. The van der Waals surface area contributed by atoms with Gasteiger partial charge in [0.15, 0.2) is 12.4 Å². The molecule has 0 spiro atoms. The molecular weight excluding hydrogens is 354 g/mol. The summed E-state index contributed by atoms with van der Waals surface area (Å²) in [6, 6.07) is 3.54. The Morgan fingerprint density at radius 2 is 2.12 bits per heavy atom. The number of nitrogens with zero attached hydrogens (tertiary/aromatic N) is 1. The van der Waals surface area contributed by atoms with Crippen LogP contribution in [-0.4, -0.2) is 29.3 Å². The number of amides is 1. The first-order valence-electron chi connectivity index (χ1n) is 8.20. The number of Topliss-reactive ketones (excluding diaryl/α,β-unsaturated/α-hetero) is 1. The topological polar surface area (TPSA) is 112 Å². The molecule has 0 saturated carbocycles. The number of carbonyl (C=O) groups is 3.